The number of para-hydroxylation sites is 1. The molecule has 8 rings (SSSR count). The molecule has 1 aliphatic heterocycles. The van der Waals surface area contributed by atoms with Crippen LogP contribution in [0.2, 0.25) is 0 Å². The molecule has 6 nitrogen and oxygen atoms in total. The number of nitrogens with zero attached hydrogens (tertiary/aromatic N) is 2. The maximum absolute atomic E-state index is 13.8. The van der Waals surface area contributed by atoms with Gasteiger partial charge in [0.25, 0.3) is 0 Å². The van der Waals surface area contributed by atoms with Crippen molar-refractivity contribution in [1.82, 2.24) is 9.88 Å². The van der Waals surface area contributed by atoms with Gasteiger partial charge in [0, 0.05) is 18.0 Å². The molecule has 1 aromatic heterocycles. The molecule has 2 aromatic carbocycles. The van der Waals surface area contributed by atoms with Gasteiger partial charge in [-0.15, -0.1) is 0 Å². The van der Waals surface area contributed by atoms with E-state index in [-0.39, 0.29) is 41.9 Å². The molecule has 0 radical (unpaired) electrons. The minimum atomic E-state index is -1.03. The lowest BCUT2D eigenvalue weighted by Gasteiger charge is -2.37. The number of hydrogen-bond donors (Lipinski definition) is 0. The molecule has 7 unspecified atom stereocenters. The van der Waals surface area contributed by atoms with Crippen LogP contribution >= 0.6 is 0 Å². The van der Waals surface area contributed by atoms with E-state index < -0.39 is 12.0 Å². The van der Waals surface area contributed by atoms with E-state index in [1.165, 1.54) is 4.90 Å². The standard InChI is InChI=1S/C29H24N2O4/c32-27-24-18-11-12-19(21-15-20(18)21)25(24)28(33)31(27)22(14-16-6-2-1-3-7-16)29(34)35-23-10-4-8-17-9-5-13-30-26(17)23/h1-13,18-22,24-25H,14-15H2. The van der Waals surface area contributed by atoms with Crippen molar-refractivity contribution in [2.24, 2.45) is 35.5 Å². The van der Waals surface area contributed by atoms with Gasteiger partial charge in [-0.25, -0.2) is 4.79 Å². The van der Waals surface area contributed by atoms with Gasteiger partial charge >= 0.3 is 5.97 Å². The number of carbonyl (C=O) groups is 3. The van der Waals surface area contributed by atoms with Gasteiger partial charge in [-0.2, -0.15) is 0 Å². The molecule has 174 valence electrons. The van der Waals surface area contributed by atoms with Gasteiger partial charge in [0.2, 0.25) is 11.8 Å². The van der Waals surface area contributed by atoms with Crippen LogP contribution in [0.1, 0.15) is 12.0 Å². The Kier molecular flexibility index (Phi) is 4.47. The van der Waals surface area contributed by atoms with Crippen molar-refractivity contribution in [2.45, 2.75) is 18.9 Å². The molecule has 35 heavy (non-hydrogen) atoms. The van der Waals surface area contributed by atoms with Gasteiger partial charge in [-0.3, -0.25) is 19.5 Å². The van der Waals surface area contributed by atoms with Crippen LogP contribution in [0.15, 0.2) is 79.0 Å². The number of benzene rings is 2. The lowest BCUT2D eigenvalue weighted by Crippen LogP contribution is -2.48. The number of aromatic nitrogens is 1. The molecule has 1 saturated heterocycles. The average Bonchev–Trinajstić information content (AvgIpc) is 3.67. The van der Waals surface area contributed by atoms with Gasteiger partial charge < -0.3 is 4.74 Å². The predicted octanol–water partition coefficient (Wildman–Crippen LogP) is 3.80. The van der Waals surface area contributed by atoms with E-state index >= 15 is 0 Å². The van der Waals surface area contributed by atoms with Crippen molar-refractivity contribution >= 4 is 28.7 Å². The van der Waals surface area contributed by atoms with E-state index in [0.717, 1.165) is 17.4 Å². The van der Waals surface area contributed by atoms with Crippen LogP contribution in [-0.4, -0.2) is 33.7 Å². The SMILES string of the molecule is O=C(Oc1cccc2cccnc12)C(Cc1ccccc1)N1C(=O)C2C3C=CC(C4CC34)C2C1=O. The van der Waals surface area contributed by atoms with E-state index in [1.54, 1.807) is 18.3 Å². The Balaban J connectivity index is 1.25. The summed E-state index contributed by atoms with van der Waals surface area (Å²) in [5.41, 5.74) is 1.43. The van der Waals surface area contributed by atoms with Gasteiger partial charge in [-0.05, 0) is 47.8 Å². The lowest BCUT2D eigenvalue weighted by molar-refractivity contribution is -0.153. The fraction of sp³-hybridized carbons (Fsp3) is 0.310. The second kappa shape index (κ2) is 7.60. The first-order valence-corrected chi connectivity index (χ1v) is 12.3. The zero-order chi connectivity index (χ0) is 23.7. The Bertz CT molecular complexity index is 1360. The number of amides is 2. The molecule has 4 aliphatic carbocycles. The van der Waals surface area contributed by atoms with Crippen LogP contribution < -0.4 is 4.74 Å². The Hall–Kier alpha value is -3.80. The zero-order valence-corrected chi connectivity index (χ0v) is 19.0. The summed E-state index contributed by atoms with van der Waals surface area (Å²) in [7, 11) is 0. The van der Waals surface area contributed by atoms with Crippen molar-refractivity contribution in [3.05, 3.63) is 84.6 Å². The van der Waals surface area contributed by atoms with E-state index in [1.807, 2.05) is 48.5 Å². The van der Waals surface area contributed by atoms with E-state index in [9.17, 15) is 14.4 Å². The topological polar surface area (TPSA) is 76.6 Å². The molecule has 3 aromatic rings. The maximum Gasteiger partial charge on any atom is 0.335 e. The van der Waals surface area contributed by atoms with Gasteiger partial charge in [0.1, 0.15) is 11.6 Å². The fourth-order valence-corrected chi connectivity index (χ4v) is 6.74. The largest absolute Gasteiger partial charge is 0.423 e. The molecule has 7 atom stereocenters. The monoisotopic (exact) mass is 464 g/mol. The molecule has 2 bridgehead atoms. The summed E-state index contributed by atoms with van der Waals surface area (Å²) < 4.78 is 5.86. The average molecular weight is 465 g/mol. The highest BCUT2D eigenvalue weighted by atomic mass is 16.5. The van der Waals surface area contributed by atoms with Crippen LogP contribution in [0.3, 0.4) is 0 Å². The lowest BCUT2D eigenvalue weighted by atomic mass is 9.63. The Labute approximate surface area is 202 Å². The number of pyridine rings is 1. The summed E-state index contributed by atoms with van der Waals surface area (Å²) in [4.78, 5) is 46.8. The first kappa shape index (κ1) is 20.6. The number of imide groups is 1. The van der Waals surface area contributed by atoms with Crippen molar-refractivity contribution in [3.8, 4) is 5.75 Å². The second-order valence-electron chi connectivity index (χ2n) is 10.2. The number of carbonyl (C=O) groups excluding carboxylic acids is 3. The Morgan fingerprint density at radius 2 is 1.60 bits per heavy atom. The van der Waals surface area contributed by atoms with E-state index in [0.29, 0.717) is 23.1 Å². The summed E-state index contributed by atoms with van der Waals surface area (Å²) in [6, 6.07) is 17.6. The molecule has 2 amide bonds. The fourth-order valence-electron chi connectivity index (χ4n) is 6.74. The van der Waals surface area contributed by atoms with Crippen LogP contribution in [0.5, 0.6) is 5.75 Å². The minimum Gasteiger partial charge on any atom is -0.423 e. The summed E-state index contributed by atoms with van der Waals surface area (Å²) in [5, 5.41) is 0.846. The Morgan fingerprint density at radius 1 is 0.914 bits per heavy atom. The molecule has 3 fully saturated rings. The number of fused-ring (bicyclic) bond motifs is 1. The number of ether oxygens (including phenoxy) is 1. The van der Waals surface area contributed by atoms with Crippen molar-refractivity contribution in [2.75, 3.05) is 0 Å². The highest BCUT2D eigenvalue weighted by Gasteiger charge is 2.68. The number of likely N-dealkylation sites (tertiary alicyclic amines) is 1. The van der Waals surface area contributed by atoms with Crippen molar-refractivity contribution < 1.29 is 19.1 Å². The third-order valence-corrected chi connectivity index (χ3v) is 8.36. The molecular formula is C29H24N2O4. The van der Waals surface area contributed by atoms with E-state index in [4.69, 9.17) is 4.74 Å². The third-order valence-electron chi connectivity index (χ3n) is 8.36. The molecule has 5 aliphatic rings. The smallest absolute Gasteiger partial charge is 0.335 e. The molecule has 2 heterocycles. The summed E-state index contributed by atoms with van der Waals surface area (Å²) >= 11 is 0. The number of esters is 1. The molecular weight excluding hydrogens is 440 g/mol. The van der Waals surface area contributed by atoms with Crippen LogP contribution in [0.4, 0.5) is 0 Å². The quantitative estimate of drug-likeness (QED) is 0.248. The van der Waals surface area contributed by atoms with Gasteiger partial charge in [-0.1, -0.05) is 60.7 Å². The summed E-state index contributed by atoms with van der Waals surface area (Å²) in [5.74, 6) is -0.230. The third kappa shape index (κ3) is 3.09. The van der Waals surface area contributed by atoms with Gasteiger partial charge in [0.15, 0.2) is 5.75 Å². The zero-order valence-electron chi connectivity index (χ0n) is 19.0. The van der Waals surface area contributed by atoms with E-state index in [2.05, 4.69) is 17.1 Å². The van der Waals surface area contributed by atoms with Crippen molar-refractivity contribution in [1.29, 1.82) is 0 Å². The highest BCUT2D eigenvalue weighted by Crippen LogP contribution is 2.65. The van der Waals surface area contributed by atoms with Crippen LogP contribution in [0.25, 0.3) is 10.9 Å². The molecule has 6 heteroatoms. The number of hydrogen-bond acceptors (Lipinski definition) is 5. The number of allylic oxidation sites excluding steroid dienone is 2. The van der Waals surface area contributed by atoms with Gasteiger partial charge in [0.05, 0.1) is 11.8 Å². The highest BCUT2D eigenvalue weighted by molar-refractivity contribution is 6.09. The predicted molar refractivity (Wildman–Crippen MR) is 128 cm³/mol. The molecule has 0 spiro atoms. The normalized spacial score (nSPS) is 30.8. The first-order valence-electron chi connectivity index (χ1n) is 12.3. The Morgan fingerprint density at radius 3 is 2.31 bits per heavy atom. The summed E-state index contributed by atoms with van der Waals surface area (Å²) in [6.45, 7) is 0. The number of rotatable bonds is 5. The molecule has 0 N–H and O–H groups in total. The van der Waals surface area contributed by atoms with Crippen LogP contribution in [0, 0.1) is 35.5 Å². The first-order chi connectivity index (χ1) is 17.1. The van der Waals surface area contributed by atoms with Crippen molar-refractivity contribution in [3.63, 3.8) is 0 Å². The maximum atomic E-state index is 13.8. The van der Waals surface area contributed by atoms with Crippen LogP contribution in [-0.2, 0) is 20.8 Å². The second-order valence-corrected chi connectivity index (χ2v) is 10.2. The summed E-state index contributed by atoms with van der Waals surface area (Å²) in [6.07, 6.45) is 7.24. The minimum absolute atomic E-state index is 0.104. The molecule has 2 saturated carbocycles.